The van der Waals surface area contributed by atoms with Gasteiger partial charge in [-0.25, -0.2) is 9.78 Å². The van der Waals surface area contributed by atoms with Crippen LogP contribution in [-0.4, -0.2) is 34.0 Å². The Morgan fingerprint density at radius 2 is 2.11 bits per heavy atom. The van der Waals surface area contributed by atoms with Gasteiger partial charge in [0, 0.05) is 11.7 Å². The molecule has 106 valence electrons. The molecule has 7 heteroatoms. The van der Waals surface area contributed by atoms with Crippen LogP contribution in [0, 0.1) is 12.8 Å². The summed E-state index contributed by atoms with van der Waals surface area (Å²) in [4.78, 5) is 27.3. The van der Waals surface area contributed by atoms with Gasteiger partial charge in [0.1, 0.15) is 9.88 Å². The van der Waals surface area contributed by atoms with Crippen molar-refractivity contribution in [3.8, 4) is 0 Å². The summed E-state index contributed by atoms with van der Waals surface area (Å²) in [6.07, 6.45) is 1.95. The fourth-order valence-electron chi connectivity index (χ4n) is 1.54. The standard InChI is InChI=1S/C12H18N2O3S2/c1-6(5-18-4)10(15)13-8(3)11-14-7(2)9(19-11)12(16)17/h6,8H,5H2,1-4H3,(H,13,15)(H,16,17). The molecule has 0 saturated heterocycles. The molecule has 5 nitrogen and oxygen atoms in total. The van der Waals surface area contributed by atoms with Crippen LogP contribution < -0.4 is 5.32 Å². The first-order chi connectivity index (χ1) is 8.86. The van der Waals surface area contributed by atoms with Gasteiger partial charge in [-0.05, 0) is 20.1 Å². The van der Waals surface area contributed by atoms with E-state index in [9.17, 15) is 9.59 Å². The zero-order valence-electron chi connectivity index (χ0n) is 11.4. The number of carboxylic acids is 1. The van der Waals surface area contributed by atoms with E-state index in [0.717, 1.165) is 17.1 Å². The van der Waals surface area contributed by atoms with Gasteiger partial charge < -0.3 is 10.4 Å². The highest BCUT2D eigenvalue weighted by Crippen LogP contribution is 2.23. The van der Waals surface area contributed by atoms with E-state index < -0.39 is 5.97 Å². The molecule has 1 heterocycles. The summed E-state index contributed by atoms with van der Waals surface area (Å²) >= 11 is 2.73. The van der Waals surface area contributed by atoms with Gasteiger partial charge in [-0.1, -0.05) is 6.92 Å². The van der Waals surface area contributed by atoms with E-state index in [0.29, 0.717) is 10.7 Å². The van der Waals surface area contributed by atoms with Crippen LogP contribution in [0.4, 0.5) is 0 Å². The molecule has 1 aromatic rings. The lowest BCUT2D eigenvalue weighted by Gasteiger charge is -2.15. The molecule has 0 aliphatic carbocycles. The number of aromatic nitrogens is 1. The number of carbonyl (C=O) groups is 2. The molecule has 0 spiro atoms. The van der Waals surface area contributed by atoms with Crippen molar-refractivity contribution in [1.29, 1.82) is 0 Å². The highest BCUT2D eigenvalue weighted by Gasteiger charge is 2.21. The molecule has 0 bridgehead atoms. The van der Waals surface area contributed by atoms with Crippen LogP contribution in [0.2, 0.25) is 0 Å². The minimum Gasteiger partial charge on any atom is -0.477 e. The van der Waals surface area contributed by atoms with E-state index in [-0.39, 0.29) is 22.7 Å². The number of nitrogens with one attached hydrogen (secondary N) is 1. The lowest BCUT2D eigenvalue weighted by molar-refractivity contribution is -0.124. The third-order valence-electron chi connectivity index (χ3n) is 2.60. The van der Waals surface area contributed by atoms with Crippen LogP contribution >= 0.6 is 23.1 Å². The van der Waals surface area contributed by atoms with Gasteiger partial charge >= 0.3 is 5.97 Å². The predicted octanol–water partition coefficient (Wildman–Crippen LogP) is 2.33. The van der Waals surface area contributed by atoms with Crippen molar-refractivity contribution in [2.75, 3.05) is 12.0 Å². The second-order valence-corrected chi connectivity index (χ2v) is 6.30. The molecule has 2 unspecified atom stereocenters. The number of amides is 1. The first-order valence-electron chi connectivity index (χ1n) is 5.86. The summed E-state index contributed by atoms with van der Waals surface area (Å²) < 4.78 is 0. The normalized spacial score (nSPS) is 13.9. The van der Waals surface area contributed by atoms with Crippen molar-refractivity contribution in [2.45, 2.75) is 26.8 Å². The fourth-order valence-corrected chi connectivity index (χ4v) is 3.10. The van der Waals surface area contributed by atoms with Crippen molar-refractivity contribution in [2.24, 2.45) is 5.92 Å². The molecule has 0 radical (unpaired) electrons. The second-order valence-electron chi connectivity index (χ2n) is 4.36. The van der Waals surface area contributed by atoms with Gasteiger partial charge in [0.2, 0.25) is 5.91 Å². The topological polar surface area (TPSA) is 79.3 Å². The molecule has 0 aromatic carbocycles. The van der Waals surface area contributed by atoms with Crippen molar-refractivity contribution in [3.05, 3.63) is 15.6 Å². The Labute approximate surface area is 120 Å². The number of hydrogen-bond acceptors (Lipinski definition) is 5. The highest BCUT2D eigenvalue weighted by molar-refractivity contribution is 7.98. The van der Waals surface area contributed by atoms with E-state index in [2.05, 4.69) is 10.3 Å². The summed E-state index contributed by atoms with van der Waals surface area (Å²) in [5, 5.41) is 12.5. The van der Waals surface area contributed by atoms with Crippen LogP contribution in [0.15, 0.2) is 0 Å². The summed E-state index contributed by atoms with van der Waals surface area (Å²) in [6, 6.07) is -0.270. The molecule has 19 heavy (non-hydrogen) atoms. The van der Waals surface area contributed by atoms with Crippen molar-refractivity contribution in [3.63, 3.8) is 0 Å². The minimum atomic E-state index is -0.976. The van der Waals surface area contributed by atoms with E-state index >= 15 is 0 Å². The fraction of sp³-hybridized carbons (Fsp3) is 0.583. The van der Waals surface area contributed by atoms with Crippen molar-refractivity contribution >= 4 is 35.0 Å². The molecule has 0 fully saturated rings. The average Bonchev–Trinajstić information content (AvgIpc) is 2.71. The average molecular weight is 302 g/mol. The van der Waals surface area contributed by atoms with Gasteiger partial charge in [-0.2, -0.15) is 11.8 Å². The van der Waals surface area contributed by atoms with Gasteiger partial charge in [-0.15, -0.1) is 11.3 Å². The highest BCUT2D eigenvalue weighted by atomic mass is 32.2. The van der Waals surface area contributed by atoms with E-state index in [1.807, 2.05) is 20.1 Å². The maximum atomic E-state index is 11.9. The van der Waals surface area contributed by atoms with Crippen LogP contribution in [-0.2, 0) is 4.79 Å². The van der Waals surface area contributed by atoms with Gasteiger partial charge in [0.05, 0.1) is 11.7 Å². The molecular weight excluding hydrogens is 284 g/mol. The quantitative estimate of drug-likeness (QED) is 0.843. The Morgan fingerprint density at radius 1 is 1.47 bits per heavy atom. The zero-order valence-corrected chi connectivity index (χ0v) is 13.0. The van der Waals surface area contributed by atoms with Gasteiger partial charge in [0.15, 0.2) is 0 Å². The molecule has 0 aliphatic rings. The second kappa shape index (κ2) is 6.91. The third-order valence-corrected chi connectivity index (χ3v) is 4.76. The number of thioether (sulfide) groups is 1. The molecule has 1 rings (SSSR count). The van der Waals surface area contributed by atoms with Crippen LogP contribution in [0.25, 0.3) is 0 Å². The number of hydrogen-bond donors (Lipinski definition) is 2. The molecular formula is C12H18N2O3S2. The van der Waals surface area contributed by atoms with Gasteiger partial charge in [0.25, 0.3) is 0 Å². The Morgan fingerprint density at radius 3 is 2.58 bits per heavy atom. The Bertz CT molecular complexity index is 474. The predicted molar refractivity (Wildman–Crippen MR) is 77.9 cm³/mol. The number of carbonyl (C=O) groups excluding carboxylic acids is 1. The van der Waals surface area contributed by atoms with E-state index in [4.69, 9.17) is 5.11 Å². The summed E-state index contributed by atoms with van der Waals surface area (Å²) in [7, 11) is 0. The number of rotatable bonds is 6. The Hall–Kier alpha value is -1.08. The van der Waals surface area contributed by atoms with Crippen molar-refractivity contribution in [1.82, 2.24) is 10.3 Å². The maximum absolute atomic E-state index is 11.9. The van der Waals surface area contributed by atoms with Gasteiger partial charge in [-0.3, -0.25) is 4.79 Å². The van der Waals surface area contributed by atoms with E-state index in [1.54, 1.807) is 18.7 Å². The van der Waals surface area contributed by atoms with Crippen LogP contribution in [0.3, 0.4) is 0 Å². The SMILES string of the molecule is CSCC(C)C(=O)NC(C)c1nc(C)c(C(=O)O)s1. The number of thiazole rings is 1. The third kappa shape index (κ3) is 4.21. The zero-order chi connectivity index (χ0) is 14.6. The van der Waals surface area contributed by atoms with Crippen molar-refractivity contribution < 1.29 is 14.7 Å². The number of carboxylic acid groups (broad SMARTS) is 1. The summed E-state index contributed by atoms with van der Waals surface area (Å²) in [5.41, 5.74) is 0.491. The number of aromatic carboxylic acids is 1. The van der Waals surface area contributed by atoms with E-state index in [1.165, 1.54) is 0 Å². The molecule has 2 atom stereocenters. The Balaban J connectivity index is 2.73. The molecule has 2 N–H and O–H groups in total. The maximum Gasteiger partial charge on any atom is 0.347 e. The first kappa shape index (κ1) is 16.0. The van der Waals surface area contributed by atoms with Crippen LogP contribution in [0.1, 0.15) is 40.3 Å². The monoisotopic (exact) mass is 302 g/mol. The number of nitrogens with zero attached hydrogens (tertiary/aromatic N) is 1. The lowest BCUT2D eigenvalue weighted by Crippen LogP contribution is -2.32. The summed E-state index contributed by atoms with van der Waals surface area (Å²) in [5.74, 6) is -0.324. The Kier molecular flexibility index (Phi) is 5.81. The number of aryl methyl sites for hydroxylation is 1. The molecule has 1 aromatic heterocycles. The molecule has 0 saturated carbocycles. The smallest absolute Gasteiger partial charge is 0.347 e. The molecule has 0 aliphatic heterocycles. The largest absolute Gasteiger partial charge is 0.477 e. The first-order valence-corrected chi connectivity index (χ1v) is 8.07. The summed E-state index contributed by atoms with van der Waals surface area (Å²) in [6.45, 7) is 5.34. The molecule has 1 amide bonds. The van der Waals surface area contributed by atoms with Crippen LogP contribution in [0.5, 0.6) is 0 Å². The minimum absolute atomic E-state index is 0.0356. The lowest BCUT2D eigenvalue weighted by atomic mass is 10.2.